The van der Waals surface area contributed by atoms with Crippen LogP contribution in [0.4, 0.5) is 29.7 Å². The lowest BCUT2D eigenvalue weighted by Gasteiger charge is -2.37. The molecule has 4 amide bonds. The number of carbonyl (C=O) groups excluding carboxylic acids is 4. The zero-order valence-corrected chi connectivity index (χ0v) is 37.0. The van der Waals surface area contributed by atoms with Crippen LogP contribution in [0.5, 0.6) is 5.75 Å². The first-order chi connectivity index (χ1) is 29.4. The van der Waals surface area contributed by atoms with E-state index in [2.05, 4.69) is 54.4 Å². The molecule has 0 spiro atoms. The minimum absolute atomic E-state index is 0.00644. The SMILES string of the molecule is CCN1CCN(C(=O)N(Cc2ccc(C(=O)OC)cc2F)c2cccc(OC)c2)CC1.CCN1CCN(C(=O)Nc2ccccc2)CC1.COC(=O)c1ccc(CBr)c(F)c1. The zero-order valence-electron chi connectivity index (χ0n) is 35.4. The molecule has 0 unspecified atom stereocenters. The van der Waals surface area contributed by atoms with E-state index in [1.165, 1.54) is 38.5 Å². The Kier molecular flexibility index (Phi) is 19.4. The summed E-state index contributed by atoms with van der Waals surface area (Å²) in [6.07, 6.45) is 0. The normalized spacial score (nSPS) is 14.0. The number of likely N-dealkylation sites (N-methyl/N-ethyl adjacent to an activating group) is 2. The van der Waals surface area contributed by atoms with Gasteiger partial charge < -0.3 is 39.1 Å². The van der Waals surface area contributed by atoms with Gasteiger partial charge in [-0.3, -0.25) is 4.90 Å². The summed E-state index contributed by atoms with van der Waals surface area (Å²) in [6.45, 7) is 12.7. The minimum atomic E-state index is -0.611. The Morgan fingerprint density at radius 2 is 1.18 bits per heavy atom. The van der Waals surface area contributed by atoms with Gasteiger partial charge in [0.25, 0.3) is 0 Å². The number of nitrogens with zero attached hydrogens (tertiary/aromatic N) is 5. The molecule has 6 rings (SSSR count). The summed E-state index contributed by atoms with van der Waals surface area (Å²) >= 11 is 3.13. The number of piperazine rings is 2. The van der Waals surface area contributed by atoms with Gasteiger partial charge in [0.2, 0.25) is 0 Å². The Morgan fingerprint density at radius 3 is 1.66 bits per heavy atom. The monoisotopic (exact) mass is 908 g/mol. The number of methoxy groups -OCH3 is 3. The van der Waals surface area contributed by atoms with Crippen molar-refractivity contribution < 1.29 is 42.2 Å². The van der Waals surface area contributed by atoms with Gasteiger partial charge in [0, 0.05) is 80.7 Å². The largest absolute Gasteiger partial charge is 0.497 e. The van der Waals surface area contributed by atoms with Crippen LogP contribution in [0.2, 0.25) is 0 Å². The van der Waals surface area contributed by atoms with Crippen molar-refractivity contribution in [1.82, 2.24) is 19.6 Å². The van der Waals surface area contributed by atoms with Gasteiger partial charge >= 0.3 is 24.0 Å². The average molecular weight is 910 g/mol. The van der Waals surface area contributed by atoms with Crippen molar-refractivity contribution in [3.8, 4) is 5.75 Å². The molecule has 0 radical (unpaired) electrons. The first-order valence-electron chi connectivity index (χ1n) is 20.0. The van der Waals surface area contributed by atoms with Gasteiger partial charge in [-0.25, -0.2) is 28.0 Å². The van der Waals surface area contributed by atoms with Gasteiger partial charge in [-0.1, -0.05) is 66.2 Å². The number of amides is 4. The standard InChI is InChI=1S/C23H28FN3O4.C13H19N3O.C9H8BrFO2/c1-4-25-10-12-26(13-11-25)23(29)27(19-6-5-7-20(15-19)30-2)16-18-9-8-17(14-21(18)24)22(28)31-3;1-2-15-8-10-16(11-9-15)13(17)14-12-6-4-3-5-7-12;1-13-9(12)6-2-3-7(5-10)8(11)4-6/h5-9,14-15H,4,10-13,16H2,1-3H3;3-7H,2,8-11H2,1H3,(H,14,17);2-4H,5H2,1H3. The van der Waals surface area contributed by atoms with Crippen LogP contribution in [-0.2, 0) is 21.3 Å². The summed E-state index contributed by atoms with van der Waals surface area (Å²) in [5.74, 6) is -1.51. The number of hydrogen-bond acceptors (Lipinski definition) is 9. The zero-order chi connectivity index (χ0) is 44.3. The molecule has 0 bridgehead atoms. The topological polar surface area (TPSA) is 124 Å². The number of urea groups is 2. The lowest BCUT2D eigenvalue weighted by Crippen LogP contribution is -2.52. The number of para-hydroxylation sites is 1. The molecule has 1 N–H and O–H groups in total. The number of hydrogen-bond donors (Lipinski definition) is 1. The second-order valence-corrected chi connectivity index (χ2v) is 14.5. The summed E-state index contributed by atoms with van der Waals surface area (Å²) < 4.78 is 42.3. The number of esters is 2. The second-order valence-electron chi connectivity index (χ2n) is 13.9. The van der Waals surface area contributed by atoms with Crippen LogP contribution >= 0.6 is 15.9 Å². The van der Waals surface area contributed by atoms with Crippen molar-refractivity contribution in [3.05, 3.63) is 125 Å². The predicted octanol–water partition coefficient (Wildman–Crippen LogP) is 7.75. The summed E-state index contributed by atoms with van der Waals surface area (Å²) in [5.41, 5.74) is 2.64. The van der Waals surface area contributed by atoms with E-state index in [0.29, 0.717) is 41.0 Å². The Hall–Kier alpha value is -5.58. The fourth-order valence-corrected chi connectivity index (χ4v) is 6.91. The van der Waals surface area contributed by atoms with Gasteiger partial charge in [-0.15, -0.1) is 0 Å². The summed E-state index contributed by atoms with van der Waals surface area (Å²) in [7, 11) is 4.06. The highest BCUT2D eigenvalue weighted by Gasteiger charge is 2.27. The van der Waals surface area contributed by atoms with Gasteiger partial charge in [0.15, 0.2) is 0 Å². The van der Waals surface area contributed by atoms with E-state index in [4.69, 9.17) is 4.74 Å². The number of alkyl halides is 1. The quantitative estimate of drug-likeness (QED) is 0.126. The predicted molar refractivity (Wildman–Crippen MR) is 236 cm³/mol. The molecule has 0 aromatic heterocycles. The molecule has 0 atom stereocenters. The lowest BCUT2D eigenvalue weighted by molar-refractivity contribution is 0.0591. The first kappa shape index (κ1) is 48.1. The van der Waals surface area contributed by atoms with Crippen LogP contribution in [0.25, 0.3) is 0 Å². The molecule has 61 heavy (non-hydrogen) atoms. The highest BCUT2D eigenvalue weighted by Crippen LogP contribution is 2.26. The molecule has 0 saturated carbocycles. The van der Waals surface area contributed by atoms with Gasteiger partial charge in [0.1, 0.15) is 17.4 Å². The number of anilines is 2. The molecule has 16 heteroatoms. The van der Waals surface area contributed by atoms with Gasteiger partial charge in [-0.05, 0) is 67.2 Å². The van der Waals surface area contributed by atoms with Crippen LogP contribution in [0.3, 0.4) is 0 Å². The third-order valence-corrected chi connectivity index (χ3v) is 10.8. The van der Waals surface area contributed by atoms with Crippen molar-refractivity contribution >= 4 is 51.3 Å². The lowest BCUT2D eigenvalue weighted by atomic mass is 10.1. The molecule has 2 aliphatic rings. The molecule has 13 nitrogen and oxygen atoms in total. The van der Waals surface area contributed by atoms with Crippen LogP contribution in [-0.4, -0.2) is 130 Å². The summed E-state index contributed by atoms with van der Waals surface area (Å²) in [5, 5.41) is 3.34. The highest BCUT2D eigenvalue weighted by atomic mass is 79.9. The third kappa shape index (κ3) is 14.3. The second kappa shape index (κ2) is 24.6. The Morgan fingerprint density at radius 1 is 0.656 bits per heavy atom. The number of nitrogens with one attached hydrogen (secondary N) is 1. The third-order valence-electron chi connectivity index (χ3n) is 10.2. The molecule has 2 heterocycles. The average Bonchev–Trinajstić information content (AvgIpc) is 3.31. The molecule has 328 valence electrons. The van der Waals surface area contributed by atoms with E-state index in [9.17, 15) is 28.0 Å². The van der Waals surface area contributed by atoms with Crippen LogP contribution in [0, 0.1) is 11.6 Å². The maximum atomic E-state index is 14.8. The number of carbonyl (C=O) groups is 4. The van der Waals surface area contributed by atoms with Crippen LogP contribution in [0.1, 0.15) is 45.7 Å². The molecule has 4 aromatic rings. The number of rotatable bonds is 10. The van der Waals surface area contributed by atoms with E-state index >= 15 is 0 Å². The molecule has 2 aliphatic heterocycles. The Balaban J connectivity index is 0.000000228. The molecule has 2 saturated heterocycles. The van der Waals surface area contributed by atoms with Crippen molar-refractivity contribution in [3.63, 3.8) is 0 Å². The van der Waals surface area contributed by atoms with Crippen molar-refractivity contribution in [2.24, 2.45) is 0 Å². The molecule has 4 aromatic carbocycles. The van der Waals surface area contributed by atoms with Crippen LogP contribution < -0.4 is 15.0 Å². The maximum absolute atomic E-state index is 14.8. The van der Waals surface area contributed by atoms with Gasteiger partial charge in [-0.2, -0.15) is 0 Å². The number of benzene rings is 4. The fraction of sp³-hybridized carbons (Fsp3) is 0.378. The Labute approximate surface area is 365 Å². The smallest absolute Gasteiger partial charge is 0.337 e. The molecular formula is C45H55BrF2N6O7. The summed E-state index contributed by atoms with van der Waals surface area (Å²) in [6, 6.07) is 24.9. The van der Waals surface area contributed by atoms with Gasteiger partial charge in [0.05, 0.1) is 39.0 Å². The van der Waals surface area contributed by atoms with E-state index in [1.807, 2.05) is 35.2 Å². The minimum Gasteiger partial charge on any atom is -0.497 e. The maximum Gasteiger partial charge on any atom is 0.337 e. The van der Waals surface area contributed by atoms with Crippen LogP contribution in [0.15, 0.2) is 91.0 Å². The first-order valence-corrected chi connectivity index (χ1v) is 21.1. The van der Waals surface area contributed by atoms with E-state index in [1.54, 1.807) is 47.2 Å². The van der Waals surface area contributed by atoms with Crippen molar-refractivity contribution in [2.45, 2.75) is 25.7 Å². The van der Waals surface area contributed by atoms with E-state index in [-0.39, 0.29) is 29.7 Å². The molecule has 2 fully saturated rings. The summed E-state index contributed by atoms with van der Waals surface area (Å²) in [4.78, 5) is 57.9. The van der Waals surface area contributed by atoms with Crippen molar-refractivity contribution in [1.29, 1.82) is 0 Å². The van der Waals surface area contributed by atoms with E-state index in [0.717, 1.165) is 64.1 Å². The van der Waals surface area contributed by atoms with E-state index < -0.39 is 23.6 Å². The highest BCUT2D eigenvalue weighted by molar-refractivity contribution is 9.08. The molecule has 0 aliphatic carbocycles. The fourth-order valence-electron chi connectivity index (χ4n) is 6.46. The number of ether oxygens (including phenoxy) is 3. The molecular weight excluding hydrogens is 854 g/mol. The Bertz CT molecular complexity index is 2050. The van der Waals surface area contributed by atoms with Crippen molar-refractivity contribution in [2.75, 3.05) is 97.0 Å². The number of halogens is 3.